The van der Waals surface area contributed by atoms with Gasteiger partial charge in [-0.2, -0.15) is 4.37 Å². The zero-order chi connectivity index (χ0) is 11.8. The predicted molar refractivity (Wildman–Crippen MR) is 65.1 cm³/mol. The smallest absolute Gasteiger partial charge is 0.205 e. The molecule has 0 bridgehead atoms. The van der Waals surface area contributed by atoms with Gasteiger partial charge < -0.3 is 4.90 Å². The molecular weight excluding hydrogens is 222 g/mol. The normalized spacial score (nSPS) is 17.9. The summed E-state index contributed by atoms with van der Waals surface area (Å²) < 4.78 is 4.39. The molecule has 0 saturated carbocycles. The third-order valence-electron chi connectivity index (χ3n) is 2.68. The molecule has 16 heavy (non-hydrogen) atoms. The Morgan fingerprint density at radius 3 is 2.38 bits per heavy atom. The van der Waals surface area contributed by atoms with Gasteiger partial charge in [0.05, 0.1) is 0 Å². The van der Waals surface area contributed by atoms with Crippen LogP contribution in [0.15, 0.2) is 0 Å². The van der Waals surface area contributed by atoms with Crippen molar-refractivity contribution < 1.29 is 4.79 Å². The van der Waals surface area contributed by atoms with Crippen molar-refractivity contribution in [3.63, 3.8) is 0 Å². The number of anilines is 1. The van der Waals surface area contributed by atoms with Crippen molar-refractivity contribution in [1.82, 2.24) is 9.36 Å². The predicted octanol–water partition coefficient (Wildman–Crippen LogP) is 2.00. The fourth-order valence-corrected chi connectivity index (χ4v) is 2.50. The zero-order valence-electron chi connectivity index (χ0n) is 9.99. The van der Waals surface area contributed by atoms with Crippen molar-refractivity contribution in [3.05, 3.63) is 5.82 Å². The Balaban J connectivity index is 2.10. The first-order chi connectivity index (χ1) is 7.47. The van der Waals surface area contributed by atoms with Crippen molar-refractivity contribution in [2.45, 2.75) is 39.0 Å². The monoisotopic (exact) mass is 239 g/mol. The van der Waals surface area contributed by atoms with E-state index in [0.717, 1.165) is 24.0 Å². The van der Waals surface area contributed by atoms with Crippen LogP contribution in [0.2, 0.25) is 0 Å². The molecule has 0 unspecified atom stereocenters. The largest absolute Gasteiger partial charge is 0.346 e. The lowest BCUT2D eigenvalue weighted by atomic mass is 9.96. The fourth-order valence-electron chi connectivity index (χ4n) is 1.60. The van der Waals surface area contributed by atoms with E-state index in [9.17, 15) is 4.79 Å². The molecule has 0 amide bonds. The van der Waals surface area contributed by atoms with E-state index in [0.29, 0.717) is 18.6 Å². The maximum atomic E-state index is 11.1. The standard InChI is InChI=1S/C11H17N3OS/c1-11(2,3)9-12-10(16-13-9)14-6-4-8(15)5-7-14/h4-7H2,1-3H3. The van der Waals surface area contributed by atoms with E-state index in [1.807, 2.05) is 0 Å². The van der Waals surface area contributed by atoms with Gasteiger partial charge in [0.25, 0.3) is 0 Å². The molecule has 1 aliphatic rings. The molecule has 0 aliphatic carbocycles. The highest BCUT2D eigenvalue weighted by atomic mass is 32.1. The Labute approximate surface area is 99.9 Å². The van der Waals surface area contributed by atoms with Gasteiger partial charge in [-0.15, -0.1) is 0 Å². The number of carbonyl (C=O) groups is 1. The number of ketones is 1. The lowest BCUT2D eigenvalue weighted by molar-refractivity contribution is -0.119. The summed E-state index contributed by atoms with van der Waals surface area (Å²) >= 11 is 1.44. The molecule has 0 spiro atoms. The summed E-state index contributed by atoms with van der Waals surface area (Å²) in [4.78, 5) is 17.9. The second-order valence-electron chi connectivity index (χ2n) is 5.18. The summed E-state index contributed by atoms with van der Waals surface area (Å²) in [6.07, 6.45) is 1.29. The minimum atomic E-state index is 0.000353. The number of aromatic nitrogens is 2. The van der Waals surface area contributed by atoms with Crippen LogP contribution in [0, 0.1) is 0 Å². The Morgan fingerprint density at radius 1 is 1.25 bits per heavy atom. The molecule has 1 aromatic heterocycles. The van der Waals surface area contributed by atoms with Gasteiger partial charge in [-0.05, 0) is 0 Å². The molecule has 0 radical (unpaired) electrons. The van der Waals surface area contributed by atoms with Gasteiger partial charge in [-0.3, -0.25) is 4.79 Å². The van der Waals surface area contributed by atoms with Crippen molar-refractivity contribution in [3.8, 4) is 0 Å². The van der Waals surface area contributed by atoms with Crippen LogP contribution >= 0.6 is 11.5 Å². The number of Topliss-reactive ketones (excluding diaryl/α,β-unsaturated/α-hetero) is 1. The molecule has 0 aromatic carbocycles. The molecular formula is C11H17N3OS. The molecule has 1 aliphatic heterocycles. The van der Waals surface area contributed by atoms with Crippen molar-refractivity contribution in [2.75, 3.05) is 18.0 Å². The lowest BCUT2D eigenvalue weighted by Crippen LogP contribution is -2.33. The third-order valence-corrected chi connectivity index (χ3v) is 3.45. The summed E-state index contributed by atoms with van der Waals surface area (Å²) in [5.74, 6) is 1.25. The molecule has 0 atom stereocenters. The minimum absolute atomic E-state index is 0.000353. The van der Waals surface area contributed by atoms with Crippen LogP contribution < -0.4 is 4.90 Å². The van der Waals surface area contributed by atoms with Crippen LogP contribution in [0.4, 0.5) is 5.13 Å². The van der Waals surface area contributed by atoms with Crippen LogP contribution in [-0.2, 0) is 10.2 Å². The first kappa shape index (κ1) is 11.5. The SMILES string of the molecule is CC(C)(C)c1nsc(N2CCC(=O)CC2)n1. The second-order valence-corrected chi connectivity index (χ2v) is 5.91. The highest BCUT2D eigenvalue weighted by Crippen LogP contribution is 2.26. The van der Waals surface area contributed by atoms with E-state index in [1.165, 1.54) is 11.5 Å². The number of carbonyl (C=O) groups excluding carboxylic acids is 1. The summed E-state index contributed by atoms with van der Waals surface area (Å²) in [7, 11) is 0. The summed E-state index contributed by atoms with van der Waals surface area (Å²) in [6.45, 7) is 7.91. The van der Waals surface area contributed by atoms with Gasteiger partial charge >= 0.3 is 0 Å². The van der Waals surface area contributed by atoms with Gasteiger partial charge in [0.15, 0.2) is 0 Å². The molecule has 1 fully saturated rings. The average Bonchev–Trinajstić information content (AvgIpc) is 2.67. The van der Waals surface area contributed by atoms with Crippen molar-refractivity contribution in [1.29, 1.82) is 0 Å². The zero-order valence-corrected chi connectivity index (χ0v) is 10.8. The van der Waals surface area contributed by atoms with Gasteiger partial charge in [-0.25, -0.2) is 4.98 Å². The van der Waals surface area contributed by atoms with Crippen LogP contribution in [0.3, 0.4) is 0 Å². The van der Waals surface area contributed by atoms with Crippen LogP contribution in [0.25, 0.3) is 0 Å². The quantitative estimate of drug-likeness (QED) is 0.752. The first-order valence-corrected chi connectivity index (χ1v) is 6.35. The number of hydrogen-bond donors (Lipinski definition) is 0. The summed E-state index contributed by atoms with van der Waals surface area (Å²) in [5, 5.41) is 0.956. The fraction of sp³-hybridized carbons (Fsp3) is 0.727. The highest BCUT2D eigenvalue weighted by molar-refractivity contribution is 7.09. The van der Waals surface area contributed by atoms with Crippen LogP contribution in [0.5, 0.6) is 0 Å². The molecule has 0 N–H and O–H groups in total. The van der Waals surface area contributed by atoms with Gasteiger partial charge in [0.1, 0.15) is 11.6 Å². The maximum absolute atomic E-state index is 11.1. The Morgan fingerprint density at radius 2 is 1.88 bits per heavy atom. The molecule has 1 saturated heterocycles. The summed E-state index contributed by atoms with van der Waals surface area (Å²) in [6, 6.07) is 0. The topological polar surface area (TPSA) is 46.1 Å². The Bertz CT molecular complexity index is 384. The summed E-state index contributed by atoms with van der Waals surface area (Å²) in [5.41, 5.74) is 0.000353. The maximum Gasteiger partial charge on any atom is 0.205 e. The van der Waals surface area contributed by atoms with Gasteiger partial charge in [-0.1, -0.05) is 20.8 Å². The van der Waals surface area contributed by atoms with Crippen molar-refractivity contribution >= 4 is 22.4 Å². The molecule has 5 heteroatoms. The van der Waals surface area contributed by atoms with E-state index in [-0.39, 0.29) is 5.41 Å². The van der Waals surface area contributed by atoms with Gasteiger partial charge in [0.2, 0.25) is 5.13 Å². The number of piperidine rings is 1. The van der Waals surface area contributed by atoms with E-state index < -0.39 is 0 Å². The van der Waals surface area contributed by atoms with Crippen molar-refractivity contribution in [2.24, 2.45) is 0 Å². The first-order valence-electron chi connectivity index (χ1n) is 5.57. The third kappa shape index (κ3) is 2.40. The Kier molecular flexibility index (Phi) is 2.97. The van der Waals surface area contributed by atoms with E-state index in [1.54, 1.807) is 0 Å². The van der Waals surface area contributed by atoms with E-state index in [4.69, 9.17) is 0 Å². The highest BCUT2D eigenvalue weighted by Gasteiger charge is 2.23. The number of hydrogen-bond acceptors (Lipinski definition) is 5. The van der Waals surface area contributed by atoms with Crippen LogP contribution in [-0.4, -0.2) is 28.2 Å². The molecule has 2 heterocycles. The number of rotatable bonds is 1. The molecule has 4 nitrogen and oxygen atoms in total. The van der Waals surface area contributed by atoms with Crippen LogP contribution in [0.1, 0.15) is 39.4 Å². The second kappa shape index (κ2) is 4.13. The number of nitrogens with zero attached hydrogens (tertiary/aromatic N) is 3. The minimum Gasteiger partial charge on any atom is -0.346 e. The molecule has 2 rings (SSSR count). The lowest BCUT2D eigenvalue weighted by Gasteiger charge is -2.24. The average molecular weight is 239 g/mol. The van der Waals surface area contributed by atoms with E-state index in [2.05, 4.69) is 35.0 Å². The molecule has 1 aromatic rings. The van der Waals surface area contributed by atoms with Gasteiger partial charge in [0, 0.05) is 42.9 Å². The molecule has 88 valence electrons. The van der Waals surface area contributed by atoms with E-state index >= 15 is 0 Å². The Hall–Kier alpha value is -0.970.